The minimum atomic E-state index is -1.80. The fraction of sp³-hybridized carbons (Fsp3) is 0.263. The van der Waals surface area contributed by atoms with Crippen molar-refractivity contribution >= 4 is 11.7 Å². The summed E-state index contributed by atoms with van der Waals surface area (Å²) in [5, 5.41) is 18.2. The number of carboxylic acid groups (broad SMARTS) is 1. The number of halogens is 1. The van der Waals surface area contributed by atoms with E-state index in [4.69, 9.17) is 10.4 Å². The minimum Gasteiger partial charge on any atom is -0.465 e. The second kappa shape index (κ2) is 6.36. The number of fused-ring (bicyclic) bond motifs is 1. The van der Waals surface area contributed by atoms with Crippen LogP contribution in [-0.4, -0.2) is 43.6 Å². The van der Waals surface area contributed by atoms with Gasteiger partial charge >= 0.3 is 6.09 Å². The molecule has 0 spiro atoms. The van der Waals surface area contributed by atoms with Gasteiger partial charge in [0.15, 0.2) is 5.67 Å². The Balaban J connectivity index is 1.70. The quantitative estimate of drug-likeness (QED) is 0.752. The summed E-state index contributed by atoms with van der Waals surface area (Å²) in [5.74, 6) is 0. The van der Waals surface area contributed by atoms with Gasteiger partial charge in [-0.05, 0) is 48.2 Å². The molecule has 1 saturated heterocycles. The highest BCUT2D eigenvalue weighted by atomic mass is 19.1. The van der Waals surface area contributed by atoms with Crippen LogP contribution in [0, 0.1) is 11.3 Å². The Labute approximate surface area is 154 Å². The third-order valence-corrected chi connectivity index (χ3v) is 4.84. The third-order valence-electron chi connectivity index (χ3n) is 4.84. The molecule has 1 atom stereocenters. The lowest BCUT2D eigenvalue weighted by Crippen LogP contribution is -2.46. The standard InChI is InChI=1S/C19H16FN5O2/c20-19(4-1-6-25(12-19)18(26)27)16-11-24-7-3-14(9-17(24)23-16)13-2-5-22-15(8-13)10-21/h2-3,5,7-9,11H,1,4,6,12H2,(H,26,27). The van der Waals surface area contributed by atoms with Crippen molar-refractivity contribution in [1.82, 2.24) is 19.3 Å². The second-order valence-corrected chi connectivity index (χ2v) is 6.62. The molecule has 0 aromatic carbocycles. The van der Waals surface area contributed by atoms with Gasteiger partial charge in [-0.2, -0.15) is 5.26 Å². The molecule has 7 nitrogen and oxygen atoms in total. The van der Waals surface area contributed by atoms with Gasteiger partial charge in [0.1, 0.15) is 17.4 Å². The van der Waals surface area contributed by atoms with E-state index < -0.39 is 11.8 Å². The lowest BCUT2D eigenvalue weighted by molar-refractivity contribution is 0.0404. The van der Waals surface area contributed by atoms with Crippen LogP contribution >= 0.6 is 0 Å². The van der Waals surface area contributed by atoms with E-state index in [1.54, 1.807) is 41.2 Å². The van der Waals surface area contributed by atoms with Crippen LogP contribution in [0.3, 0.4) is 0 Å². The molecule has 3 aromatic heterocycles. The summed E-state index contributed by atoms with van der Waals surface area (Å²) in [6.45, 7) is 0.122. The van der Waals surface area contributed by atoms with E-state index in [-0.39, 0.29) is 18.7 Å². The van der Waals surface area contributed by atoms with Gasteiger partial charge in [-0.1, -0.05) is 0 Å². The number of likely N-dealkylation sites (tertiary alicyclic amines) is 1. The number of hydrogen-bond donors (Lipinski definition) is 1. The maximum absolute atomic E-state index is 15.5. The Bertz CT molecular complexity index is 1070. The molecule has 1 N–H and O–H groups in total. The van der Waals surface area contributed by atoms with Crippen LogP contribution in [0.1, 0.15) is 24.2 Å². The first-order valence-corrected chi connectivity index (χ1v) is 8.51. The van der Waals surface area contributed by atoms with Gasteiger partial charge in [-0.15, -0.1) is 0 Å². The number of carbonyl (C=O) groups is 1. The molecule has 1 aliphatic heterocycles. The summed E-state index contributed by atoms with van der Waals surface area (Å²) in [6.07, 6.45) is 4.52. The molecule has 0 bridgehead atoms. The van der Waals surface area contributed by atoms with Gasteiger partial charge in [0, 0.05) is 25.1 Å². The summed E-state index contributed by atoms with van der Waals surface area (Å²) in [4.78, 5) is 20.7. The van der Waals surface area contributed by atoms with E-state index in [2.05, 4.69) is 9.97 Å². The first kappa shape index (κ1) is 17.0. The molecule has 0 aliphatic carbocycles. The minimum absolute atomic E-state index is 0.213. The Morgan fingerprint density at radius 3 is 2.93 bits per heavy atom. The molecule has 8 heteroatoms. The predicted octanol–water partition coefficient (Wildman–Crippen LogP) is 3.21. The maximum Gasteiger partial charge on any atom is 0.407 e. The Morgan fingerprint density at radius 1 is 1.33 bits per heavy atom. The first-order chi connectivity index (χ1) is 13.0. The number of nitriles is 1. The average Bonchev–Trinajstić information content (AvgIpc) is 3.12. The predicted molar refractivity (Wildman–Crippen MR) is 94.8 cm³/mol. The number of piperidine rings is 1. The second-order valence-electron chi connectivity index (χ2n) is 6.62. The summed E-state index contributed by atoms with van der Waals surface area (Å²) >= 11 is 0. The number of imidazole rings is 1. The fourth-order valence-corrected chi connectivity index (χ4v) is 3.43. The summed E-state index contributed by atoms with van der Waals surface area (Å²) < 4.78 is 17.2. The Morgan fingerprint density at radius 2 is 2.15 bits per heavy atom. The zero-order chi connectivity index (χ0) is 19.0. The van der Waals surface area contributed by atoms with E-state index in [1.165, 1.54) is 0 Å². The molecule has 27 heavy (non-hydrogen) atoms. The van der Waals surface area contributed by atoms with E-state index >= 15 is 4.39 Å². The maximum atomic E-state index is 15.5. The third kappa shape index (κ3) is 3.08. The molecule has 1 fully saturated rings. The average molecular weight is 365 g/mol. The van der Waals surface area contributed by atoms with Gasteiger partial charge in [0.2, 0.25) is 0 Å². The van der Waals surface area contributed by atoms with Gasteiger partial charge < -0.3 is 14.4 Å². The summed E-state index contributed by atoms with van der Waals surface area (Å²) in [5.41, 5.74) is 0.962. The van der Waals surface area contributed by atoms with Crippen molar-refractivity contribution in [3.63, 3.8) is 0 Å². The number of nitrogens with zero attached hydrogens (tertiary/aromatic N) is 5. The van der Waals surface area contributed by atoms with Crippen molar-refractivity contribution in [3.8, 4) is 17.2 Å². The topological polar surface area (TPSA) is 94.5 Å². The van der Waals surface area contributed by atoms with E-state index in [9.17, 15) is 4.79 Å². The summed E-state index contributed by atoms with van der Waals surface area (Å²) in [6, 6.07) is 9.13. The van der Waals surface area contributed by atoms with E-state index in [0.29, 0.717) is 24.3 Å². The number of rotatable bonds is 2. The van der Waals surface area contributed by atoms with Gasteiger partial charge in [0.05, 0.1) is 12.2 Å². The lowest BCUT2D eigenvalue weighted by Gasteiger charge is -2.34. The van der Waals surface area contributed by atoms with Crippen LogP contribution in [0.5, 0.6) is 0 Å². The van der Waals surface area contributed by atoms with E-state index in [0.717, 1.165) is 16.0 Å². The normalized spacial score (nSPS) is 19.8. The Hall–Kier alpha value is -3.47. The van der Waals surface area contributed by atoms with Crippen LogP contribution in [-0.2, 0) is 5.67 Å². The first-order valence-electron chi connectivity index (χ1n) is 8.51. The molecular weight excluding hydrogens is 349 g/mol. The fourth-order valence-electron chi connectivity index (χ4n) is 3.43. The molecule has 1 amide bonds. The van der Waals surface area contributed by atoms with Gasteiger partial charge in [-0.3, -0.25) is 0 Å². The highest BCUT2D eigenvalue weighted by molar-refractivity contribution is 5.68. The number of alkyl halides is 1. The molecule has 0 saturated carbocycles. The van der Waals surface area contributed by atoms with Crippen LogP contribution in [0.4, 0.5) is 9.18 Å². The lowest BCUT2D eigenvalue weighted by atomic mass is 9.92. The molecule has 4 rings (SSSR count). The van der Waals surface area contributed by atoms with Crippen molar-refractivity contribution in [2.24, 2.45) is 0 Å². The number of aromatic nitrogens is 3. The molecule has 1 aliphatic rings. The molecular formula is C19H16FN5O2. The van der Waals surface area contributed by atoms with Crippen molar-refractivity contribution in [2.75, 3.05) is 13.1 Å². The number of amides is 1. The Kier molecular flexibility index (Phi) is 4.00. The summed E-state index contributed by atoms with van der Waals surface area (Å²) in [7, 11) is 0. The monoisotopic (exact) mass is 365 g/mol. The molecule has 136 valence electrons. The SMILES string of the molecule is N#Cc1cc(-c2ccn3cc(C4(F)CCCN(C(=O)O)C4)nc3c2)ccn1. The highest BCUT2D eigenvalue weighted by Gasteiger charge is 2.41. The van der Waals surface area contributed by atoms with Crippen LogP contribution in [0.15, 0.2) is 42.9 Å². The zero-order valence-corrected chi connectivity index (χ0v) is 14.3. The molecule has 3 aromatic rings. The highest BCUT2D eigenvalue weighted by Crippen LogP contribution is 2.35. The van der Waals surface area contributed by atoms with Gasteiger partial charge in [-0.25, -0.2) is 19.2 Å². The van der Waals surface area contributed by atoms with Crippen molar-refractivity contribution in [1.29, 1.82) is 5.26 Å². The number of hydrogen-bond acceptors (Lipinski definition) is 4. The smallest absolute Gasteiger partial charge is 0.407 e. The largest absolute Gasteiger partial charge is 0.465 e. The van der Waals surface area contributed by atoms with Crippen LogP contribution in [0.2, 0.25) is 0 Å². The van der Waals surface area contributed by atoms with E-state index in [1.807, 2.05) is 12.1 Å². The number of pyridine rings is 2. The molecule has 0 radical (unpaired) electrons. The van der Waals surface area contributed by atoms with Crippen LogP contribution in [0.25, 0.3) is 16.8 Å². The molecule has 1 unspecified atom stereocenters. The van der Waals surface area contributed by atoms with Crippen molar-refractivity contribution in [3.05, 3.63) is 54.2 Å². The van der Waals surface area contributed by atoms with Crippen molar-refractivity contribution in [2.45, 2.75) is 18.5 Å². The molecule has 4 heterocycles. The van der Waals surface area contributed by atoms with Gasteiger partial charge in [0.25, 0.3) is 0 Å². The van der Waals surface area contributed by atoms with Crippen LogP contribution < -0.4 is 0 Å². The van der Waals surface area contributed by atoms with Crippen molar-refractivity contribution < 1.29 is 14.3 Å². The zero-order valence-electron chi connectivity index (χ0n) is 14.3.